The molecular weight excluding hydrogens is 1280 g/mol. The molecule has 6 aliphatic carbocycles. The highest BCUT2D eigenvalue weighted by molar-refractivity contribution is 6.48. The Morgan fingerprint density at radius 3 is 1.65 bits per heavy atom. The third-order valence-corrected chi connectivity index (χ3v) is 18.6. The predicted molar refractivity (Wildman–Crippen MR) is 311 cm³/mol. The monoisotopic (exact) mass is 1360 g/mol. The first-order chi connectivity index (χ1) is 39.3. The SMILES string of the molecule is CC(C)C[C@H]([NH3+])B1O[C@@H]2C[C@@H]3C[C@@H](C3(C)C)[C@]2(C)O1.O=C([O-])C(F)(F)F.[2H]C([2H])(CC(=O)c1cc(Cl)ccc1Cl)C(=O)NC(CC(C)C)B(O)O.[2H]C([2H])(NC(=O)c1cc(Cl)ccc1Cl)C(=O)C[C@@H](CC(C)C)B1O[C@@H]2C[C@@H]3C[C@@H](C3(C)C)[C@]2(C)O1.[I-]. The van der Waals surface area contributed by atoms with Gasteiger partial charge < -0.3 is 78.9 Å². The number of Topliss-reactive ketones (excluding diaryl/α,β-unsaturated/α-hetero) is 2. The molecule has 4 bridgehead atoms. The van der Waals surface area contributed by atoms with Gasteiger partial charge in [0, 0.05) is 43.4 Å². The summed E-state index contributed by atoms with van der Waals surface area (Å²) in [6, 6.07) is 8.53. The van der Waals surface area contributed by atoms with Crippen LogP contribution in [0.2, 0.25) is 25.9 Å². The Morgan fingerprint density at radius 2 is 1.20 bits per heavy atom. The smallest absolute Gasteiger partial charge is 0.521 e. The molecule has 2 aromatic rings. The molecule has 2 amide bonds. The van der Waals surface area contributed by atoms with Gasteiger partial charge in [0.25, 0.3) is 5.91 Å². The zero-order valence-electron chi connectivity index (χ0n) is 53.2. The molecule has 26 heteroatoms. The van der Waals surface area contributed by atoms with Crippen molar-refractivity contribution in [1.82, 2.24) is 10.6 Å². The molecule has 2 aliphatic heterocycles. The molecule has 10 rings (SSSR count). The summed E-state index contributed by atoms with van der Waals surface area (Å²) in [5.41, 5.74) is 4.46. The Labute approximate surface area is 531 Å². The third-order valence-electron chi connectivity index (χ3n) is 17.5. The van der Waals surface area contributed by atoms with E-state index in [2.05, 4.69) is 85.6 Å². The maximum Gasteiger partial charge on any atom is 0.521 e. The van der Waals surface area contributed by atoms with E-state index in [1.54, 1.807) is 0 Å². The van der Waals surface area contributed by atoms with Gasteiger partial charge in [0.15, 0.2) is 11.6 Å². The summed E-state index contributed by atoms with van der Waals surface area (Å²) < 4.78 is 89.5. The van der Waals surface area contributed by atoms with E-state index in [1.807, 2.05) is 13.8 Å². The topological polar surface area (TPSA) is 237 Å². The quantitative estimate of drug-likeness (QED) is 0.0573. The maximum absolute atomic E-state index is 13.1. The van der Waals surface area contributed by atoms with Gasteiger partial charge in [-0.1, -0.05) is 116 Å². The van der Waals surface area contributed by atoms with Gasteiger partial charge in [-0.05, 0) is 147 Å². The molecule has 11 atom stereocenters. The molecule has 1 unspecified atom stereocenters. The van der Waals surface area contributed by atoms with Crippen LogP contribution in [0, 0.1) is 52.3 Å². The van der Waals surface area contributed by atoms with E-state index in [4.69, 9.17) is 80.4 Å². The average molecular weight is 1360 g/mol. The van der Waals surface area contributed by atoms with E-state index in [9.17, 15) is 42.4 Å². The third kappa shape index (κ3) is 18.4. The summed E-state index contributed by atoms with van der Waals surface area (Å²) in [7, 11) is -2.51. The number of carboxylic acids is 1. The number of carbonyl (C=O) groups excluding carboxylic acids is 5. The van der Waals surface area contributed by atoms with E-state index in [0.717, 1.165) is 25.2 Å². The summed E-state index contributed by atoms with van der Waals surface area (Å²) in [4.78, 5) is 59.0. The van der Waals surface area contributed by atoms with E-state index < -0.39 is 80.6 Å². The molecule has 83 heavy (non-hydrogen) atoms. The number of benzene rings is 2. The van der Waals surface area contributed by atoms with Crippen LogP contribution in [0.3, 0.4) is 0 Å². The van der Waals surface area contributed by atoms with Crippen LogP contribution in [0.5, 0.6) is 0 Å². The normalized spacial score (nSPS) is 27.8. The van der Waals surface area contributed by atoms with Crippen molar-refractivity contribution < 1.29 is 106 Å². The number of carbonyl (C=O) groups is 5. The number of hydrogen-bond donors (Lipinski definition) is 5. The number of halogens is 8. The highest BCUT2D eigenvalue weighted by Crippen LogP contribution is 2.67. The van der Waals surface area contributed by atoms with Crippen molar-refractivity contribution in [3.8, 4) is 0 Å². The van der Waals surface area contributed by atoms with Crippen molar-refractivity contribution in [2.75, 3.05) is 6.50 Å². The zero-order chi connectivity index (χ0) is 65.4. The van der Waals surface area contributed by atoms with Gasteiger partial charge in [-0.25, -0.2) is 0 Å². The Morgan fingerprint density at radius 1 is 0.759 bits per heavy atom. The Kier molecular flexibility index (Phi) is 24.0. The minimum absolute atomic E-state index is 0. The minimum atomic E-state index is -5.19. The second-order valence-electron chi connectivity index (χ2n) is 25.6. The van der Waals surface area contributed by atoms with Crippen molar-refractivity contribution >= 4 is 97.1 Å². The van der Waals surface area contributed by atoms with Gasteiger partial charge in [0.1, 0.15) is 11.9 Å². The number of rotatable bonds is 19. The van der Waals surface area contributed by atoms with Crippen LogP contribution in [0.4, 0.5) is 13.2 Å². The van der Waals surface area contributed by atoms with Crippen LogP contribution in [-0.4, -0.2) is 109 Å². The van der Waals surface area contributed by atoms with E-state index >= 15 is 0 Å². The van der Waals surface area contributed by atoms with Crippen molar-refractivity contribution in [1.29, 1.82) is 0 Å². The summed E-state index contributed by atoms with van der Waals surface area (Å²) in [5.74, 6) is -3.99. The lowest BCUT2D eigenvalue weighted by atomic mass is 9.43. The molecule has 2 aromatic carbocycles. The number of amides is 2. The largest absolute Gasteiger partial charge is 1.00 e. The first-order valence-electron chi connectivity index (χ1n) is 30.0. The van der Waals surface area contributed by atoms with E-state index in [0.29, 0.717) is 41.6 Å². The molecule has 0 spiro atoms. The van der Waals surface area contributed by atoms with Gasteiger partial charge >= 0.3 is 27.5 Å². The van der Waals surface area contributed by atoms with Crippen LogP contribution in [0.25, 0.3) is 0 Å². The number of hydrogen-bond acceptors (Lipinski definition) is 12. The summed E-state index contributed by atoms with van der Waals surface area (Å²) in [6.45, 7) is 23.4. The van der Waals surface area contributed by atoms with Crippen molar-refractivity contribution in [2.45, 2.75) is 195 Å². The van der Waals surface area contributed by atoms with Crippen LogP contribution in [0.1, 0.15) is 173 Å². The number of carboxylic acid groups (broad SMARTS) is 1. The lowest BCUT2D eigenvalue weighted by molar-refractivity contribution is -0.400. The second kappa shape index (κ2) is 29.9. The molecule has 2 saturated heterocycles. The van der Waals surface area contributed by atoms with Gasteiger partial charge in [-0.2, -0.15) is 13.2 Å². The van der Waals surface area contributed by atoms with Gasteiger partial charge in [0.05, 0.1) is 54.2 Å². The lowest BCUT2D eigenvalue weighted by Crippen LogP contribution is -3.00. The van der Waals surface area contributed by atoms with Gasteiger partial charge in [0.2, 0.25) is 5.91 Å². The van der Waals surface area contributed by atoms with E-state index in [1.165, 1.54) is 49.2 Å². The fraction of sp³-hybridized carbons (Fsp3) is 0.702. The first kappa shape index (κ1) is 66.7. The molecular formula is C57H83B3Cl4F3IN3O12-. The van der Waals surface area contributed by atoms with Crippen LogP contribution in [0.15, 0.2) is 36.4 Å². The Hall–Kier alpha value is -2.22. The fourth-order valence-corrected chi connectivity index (χ4v) is 13.7. The zero-order valence-corrected chi connectivity index (χ0v) is 54.4. The van der Waals surface area contributed by atoms with Gasteiger partial charge in [-0.3, -0.25) is 19.2 Å². The Bertz CT molecular complexity index is 2790. The molecule has 7 N–H and O–H groups in total. The van der Waals surface area contributed by atoms with Crippen molar-refractivity contribution in [3.63, 3.8) is 0 Å². The number of quaternary nitrogens is 1. The standard InChI is InChI=1S/C25H34BCl2NO4.C15H20BCl2NO4.C15H28BNO2.C2HF3O2.HI/c1-14(2)8-16(11-18(30)13-29-23(31)19-12-17(27)6-7-20(19)28)26-32-22-10-15-9-21(24(15,3)4)25(22,5)33-26;1-9(2)7-14(16(22)23)19-15(21)6-5-13(20)11-8-10(17)3-4-12(11)18;1-9(2)6-13(17)16-18-12-8-10-7-11(14(10,3)4)15(12,5)19-16;3-2(4,5)1(6)7;/h6-7,12,14-16,21-22H,8-11,13H2,1-5H3,(H,29,31);3-4,8-9,14,22-23H,5-7H2,1-2H3,(H,19,21);9-13H,6-8,17H2,1-5H3;(H,6,7);1H/p-1/t15-,16+,21-,22+,25-;;10-,11-,12+,13-,15-;;/m0.0../s1/i13D2;6D2;;;. The van der Waals surface area contributed by atoms with Gasteiger partial charge in [-0.15, -0.1) is 0 Å². The first-order valence-corrected chi connectivity index (χ1v) is 29.5. The number of aliphatic carboxylic acids is 1. The van der Waals surface area contributed by atoms with Crippen LogP contribution in [-0.2, 0) is 33.0 Å². The summed E-state index contributed by atoms with van der Waals surface area (Å²) >= 11 is 23.7. The molecule has 2 heterocycles. The average Bonchev–Trinajstić information content (AvgIpc) is 1.68. The molecule has 15 nitrogen and oxygen atoms in total. The molecule has 0 aromatic heterocycles. The fourth-order valence-electron chi connectivity index (χ4n) is 12.9. The molecule has 8 aliphatic rings. The highest BCUT2D eigenvalue weighted by atomic mass is 127. The molecule has 0 radical (unpaired) electrons. The molecule has 464 valence electrons. The van der Waals surface area contributed by atoms with E-state index in [-0.39, 0.29) is 116 Å². The highest BCUT2D eigenvalue weighted by Gasteiger charge is 2.70. The lowest BCUT2D eigenvalue weighted by Gasteiger charge is -2.64. The summed E-state index contributed by atoms with van der Waals surface area (Å²) in [5, 5.41) is 32.6. The Balaban J connectivity index is 0.000000273. The molecule has 8 fully saturated rings. The maximum atomic E-state index is 13.1. The predicted octanol–water partition coefficient (Wildman–Crippen LogP) is 6.54. The van der Waals surface area contributed by atoms with Crippen LogP contribution < -0.4 is 45.5 Å². The number of alkyl halides is 3. The number of ketones is 2. The van der Waals surface area contributed by atoms with Crippen molar-refractivity contribution in [2.24, 2.45) is 52.3 Å². The second-order valence-corrected chi connectivity index (χ2v) is 27.3. The minimum Gasteiger partial charge on any atom is -1.00 e. The molecule has 6 saturated carbocycles. The van der Waals surface area contributed by atoms with Crippen molar-refractivity contribution in [3.05, 3.63) is 67.6 Å². The van der Waals surface area contributed by atoms with Crippen LogP contribution >= 0.6 is 46.4 Å². The summed E-state index contributed by atoms with van der Waals surface area (Å²) in [6.07, 6.45) is -1.81. The number of nitrogens with one attached hydrogen (secondary N) is 2.